The van der Waals surface area contributed by atoms with Crippen molar-refractivity contribution in [3.8, 4) is 11.3 Å². The van der Waals surface area contributed by atoms with Crippen LogP contribution in [0.15, 0.2) is 58.1 Å². The molecule has 2 aromatic rings. The van der Waals surface area contributed by atoms with Gasteiger partial charge in [-0.1, -0.05) is 24.3 Å². The Morgan fingerprint density at radius 2 is 1.84 bits per heavy atom. The first kappa shape index (κ1) is 19.2. The van der Waals surface area contributed by atoms with Gasteiger partial charge in [0, 0.05) is 5.56 Å². The van der Waals surface area contributed by atoms with Crippen molar-refractivity contribution in [2.24, 2.45) is 40.6 Å². The molecule has 1 aromatic carbocycles. The minimum atomic E-state index is -0.392. The second-order valence-corrected chi connectivity index (χ2v) is 8.89. The molecule has 32 heavy (non-hydrogen) atoms. The van der Waals surface area contributed by atoms with Gasteiger partial charge in [-0.2, -0.15) is 10.1 Å². The van der Waals surface area contributed by atoms with Crippen LogP contribution in [-0.4, -0.2) is 35.6 Å². The Balaban J connectivity index is 1.21. The number of furan rings is 1. The molecule has 0 N–H and O–H groups in total. The minimum absolute atomic E-state index is 0.175. The van der Waals surface area contributed by atoms with E-state index < -0.39 is 5.97 Å². The third-order valence-corrected chi connectivity index (χ3v) is 7.22. The number of nitrogens with zero attached hydrogens (tertiary/aromatic N) is 2. The van der Waals surface area contributed by atoms with Crippen molar-refractivity contribution < 1.29 is 23.5 Å². The molecule has 7 rings (SSSR count). The number of ether oxygens (including phenoxy) is 1. The van der Waals surface area contributed by atoms with E-state index >= 15 is 0 Å². The zero-order chi connectivity index (χ0) is 22.0. The summed E-state index contributed by atoms with van der Waals surface area (Å²) >= 11 is 0. The lowest BCUT2D eigenvalue weighted by molar-refractivity contribution is -0.140. The molecule has 7 nitrogen and oxygen atoms in total. The van der Waals surface area contributed by atoms with Crippen molar-refractivity contribution in [1.29, 1.82) is 0 Å². The summed E-state index contributed by atoms with van der Waals surface area (Å²) < 4.78 is 10.9. The van der Waals surface area contributed by atoms with E-state index in [1.54, 1.807) is 37.3 Å². The number of carbonyl (C=O) groups is 3. The van der Waals surface area contributed by atoms with Crippen LogP contribution in [0.2, 0.25) is 0 Å². The van der Waals surface area contributed by atoms with E-state index in [9.17, 15) is 14.4 Å². The van der Waals surface area contributed by atoms with Crippen LogP contribution in [0, 0.1) is 35.5 Å². The van der Waals surface area contributed by atoms with Crippen molar-refractivity contribution in [3.63, 3.8) is 0 Å². The number of hydrazone groups is 1. The minimum Gasteiger partial charge on any atom is -0.462 e. The monoisotopic (exact) mass is 430 g/mol. The lowest BCUT2D eigenvalue weighted by Gasteiger charge is -2.37. The molecular formula is C25H22N2O5. The predicted molar refractivity (Wildman–Crippen MR) is 114 cm³/mol. The van der Waals surface area contributed by atoms with E-state index in [4.69, 9.17) is 9.15 Å². The van der Waals surface area contributed by atoms with Gasteiger partial charge in [-0.15, -0.1) is 0 Å². The average molecular weight is 430 g/mol. The maximum Gasteiger partial charge on any atom is 0.338 e. The summed E-state index contributed by atoms with van der Waals surface area (Å²) in [4.78, 5) is 38.0. The molecule has 5 aliphatic rings. The Morgan fingerprint density at radius 3 is 2.53 bits per heavy atom. The molecular weight excluding hydrogens is 408 g/mol. The lowest BCUT2D eigenvalue weighted by atomic mass is 9.63. The smallest absolute Gasteiger partial charge is 0.338 e. The summed E-state index contributed by atoms with van der Waals surface area (Å²) in [7, 11) is 0. The molecule has 0 unspecified atom stereocenters. The number of benzene rings is 1. The van der Waals surface area contributed by atoms with Gasteiger partial charge in [-0.25, -0.2) is 4.79 Å². The standard InChI is InChI=1S/C25H22N2O5/c1-2-31-25(30)14-5-3-4-13(10-14)20-9-6-15(32-20)12-26-27-23(28)21-16-7-8-17(19-11-18(16)19)22(21)24(27)29/h3-10,12,16-19,21-22H,2,11H2,1H3/b26-12-/t16-,17-,18-,19-,21+,22+/m0/s1. The van der Waals surface area contributed by atoms with Crippen molar-refractivity contribution in [2.45, 2.75) is 13.3 Å². The number of hydrogen-bond donors (Lipinski definition) is 0. The molecule has 4 aliphatic carbocycles. The summed E-state index contributed by atoms with van der Waals surface area (Å²) in [5.74, 6) is 1.11. The summed E-state index contributed by atoms with van der Waals surface area (Å²) in [6.07, 6.45) is 6.82. The number of esters is 1. The Morgan fingerprint density at radius 1 is 1.12 bits per heavy atom. The van der Waals surface area contributed by atoms with Gasteiger partial charge in [0.1, 0.15) is 11.5 Å². The number of carbonyl (C=O) groups excluding carboxylic acids is 3. The SMILES string of the molecule is CCOC(=O)c1cccc(-c2ccc(/C=N\N3C(=O)[C@@H]4[C@H]5C=C[C@@H]([C@@H]6C[C@@H]56)[C@H]4C3=O)o2)c1. The van der Waals surface area contributed by atoms with E-state index in [0.29, 0.717) is 35.5 Å². The Kier molecular flexibility index (Phi) is 4.22. The van der Waals surface area contributed by atoms with Crippen LogP contribution in [0.5, 0.6) is 0 Å². The molecule has 2 saturated carbocycles. The number of rotatable bonds is 5. The molecule has 3 fully saturated rings. The first-order valence-electron chi connectivity index (χ1n) is 11.0. The van der Waals surface area contributed by atoms with E-state index in [1.165, 1.54) is 6.21 Å². The Bertz CT molecular complexity index is 1160. The largest absolute Gasteiger partial charge is 0.462 e. The topological polar surface area (TPSA) is 89.2 Å². The summed E-state index contributed by atoms with van der Waals surface area (Å²) in [6.45, 7) is 2.06. The van der Waals surface area contributed by atoms with Gasteiger partial charge in [0.15, 0.2) is 0 Å². The van der Waals surface area contributed by atoms with Gasteiger partial charge in [-0.3, -0.25) is 9.59 Å². The second-order valence-electron chi connectivity index (χ2n) is 8.89. The third kappa shape index (κ3) is 2.80. The highest BCUT2D eigenvalue weighted by atomic mass is 16.5. The fourth-order valence-electron chi connectivity index (χ4n) is 5.76. The Labute approximate surface area is 184 Å². The van der Waals surface area contributed by atoms with Crippen molar-refractivity contribution in [3.05, 3.63) is 59.9 Å². The lowest BCUT2D eigenvalue weighted by Crippen LogP contribution is -2.40. The quantitative estimate of drug-likeness (QED) is 0.313. The first-order valence-corrected chi connectivity index (χ1v) is 11.0. The molecule has 1 aliphatic heterocycles. The molecule has 2 heterocycles. The normalized spacial score (nSPS) is 31.8. The average Bonchev–Trinajstić information content (AvgIpc) is 3.44. The van der Waals surface area contributed by atoms with Gasteiger partial charge in [0.2, 0.25) is 0 Å². The van der Waals surface area contributed by atoms with Crippen LogP contribution in [0.1, 0.15) is 29.5 Å². The fourth-order valence-corrected chi connectivity index (χ4v) is 5.76. The third-order valence-electron chi connectivity index (χ3n) is 7.22. The molecule has 7 heteroatoms. The summed E-state index contributed by atoms with van der Waals surface area (Å²) in [6, 6.07) is 10.4. The van der Waals surface area contributed by atoms with Crippen molar-refractivity contribution in [2.75, 3.05) is 6.61 Å². The number of imide groups is 1. The molecule has 2 bridgehead atoms. The maximum absolute atomic E-state index is 13.0. The van der Waals surface area contributed by atoms with Gasteiger partial charge < -0.3 is 9.15 Å². The number of allylic oxidation sites excluding steroid dienone is 2. The molecule has 2 amide bonds. The van der Waals surface area contributed by atoms with Gasteiger partial charge in [0.25, 0.3) is 11.8 Å². The molecule has 0 spiro atoms. The highest BCUT2D eigenvalue weighted by Gasteiger charge is 2.67. The zero-order valence-electron chi connectivity index (χ0n) is 17.5. The number of amides is 2. The van der Waals surface area contributed by atoms with Crippen LogP contribution in [0.25, 0.3) is 11.3 Å². The highest BCUT2D eigenvalue weighted by molar-refractivity contribution is 6.06. The summed E-state index contributed by atoms with van der Waals surface area (Å²) in [5, 5.41) is 5.25. The molecule has 162 valence electrons. The van der Waals surface area contributed by atoms with E-state index in [-0.39, 0.29) is 35.5 Å². The highest BCUT2D eigenvalue weighted by Crippen LogP contribution is 2.65. The number of hydrogen-bond acceptors (Lipinski definition) is 6. The van der Waals surface area contributed by atoms with Crippen LogP contribution in [0.4, 0.5) is 0 Å². The van der Waals surface area contributed by atoms with Crippen molar-refractivity contribution in [1.82, 2.24) is 5.01 Å². The van der Waals surface area contributed by atoms with Gasteiger partial charge >= 0.3 is 5.97 Å². The zero-order valence-corrected chi connectivity index (χ0v) is 17.5. The van der Waals surface area contributed by atoms with Crippen LogP contribution < -0.4 is 0 Å². The van der Waals surface area contributed by atoms with E-state index in [1.807, 2.05) is 6.07 Å². The fraction of sp³-hybridized carbons (Fsp3) is 0.360. The molecule has 0 radical (unpaired) electrons. The maximum atomic E-state index is 13.0. The molecule has 6 atom stereocenters. The van der Waals surface area contributed by atoms with E-state index in [2.05, 4.69) is 17.3 Å². The predicted octanol–water partition coefficient (Wildman–Crippen LogP) is 3.51. The summed E-state index contributed by atoms with van der Waals surface area (Å²) in [5.41, 5.74) is 1.16. The van der Waals surface area contributed by atoms with Crippen molar-refractivity contribution >= 4 is 24.0 Å². The van der Waals surface area contributed by atoms with Crippen LogP contribution in [-0.2, 0) is 14.3 Å². The van der Waals surface area contributed by atoms with Gasteiger partial charge in [-0.05, 0) is 61.3 Å². The van der Waals surface area contributed by atoms with Crippen LogP contribution in [0.3, 0.4) is 0 Å². The second kappa shape index (κ2) is 7.02. The van der Waals surface area contributed by atoms with E-state index in [0.717, 1.165) is 17.0 Å². The first-order chi connectivity index (χ1) is 15.6. The van der Waals surface area contributed by atoms with Crippen LogP contribution >= 0.6 is 0 Å². The molecule has 1 saturated heterocycles. The van der Waals surface area contributed by atoms with Gasteiger partial charge in [0.05, 0.1) is 30.2 Å². The Hall–Kier alpha value is -3.48. The molecule has 1 aromatic heterocycles.